The third-order valence-corrected chi connectivity index (χ3v) is 3.25. The molecule has 1 aromatic carbocycles. The van der Waals surface area contributed by atoms with Gasteiger partial charge in [0.1, 0.15) is 11.5 Å². The highest BCUT2D eigenvalue weighted by atomic mass is 35.5. The van der Waals surface area contributed by atoms with Crippen molar-refractivity contribution in [2.24, 2.45) is 0 Å². The van der Waals surface area contributed by atoms with E-state index in [1.54, 1.807) is 0 Å². The predicted molar refractivity (Wildman–Crippen MR) is 83.1 cm³/mol. The van der Waals surface area contributed by atoms with Crippen LogP contribution < -0.4 is 5.32 Å². The summed E-state index contributed by atoms with van der Waals surface area (Å²) in [6.07, 6.45) is 0. The Balaban J connectivity index is 1.76. The molecule has 1 aromatic heterocycles. The van der Waals surface area contributed by atoms with Crippen LogP contribution in [0.4, 0.5) is 0 Å². The largest absolute Gasteiger partial charge is 0.465 e. The van der Waals surface area contributed by atoms with Crippen LogP contribution in [-0.4, -0.2) is 24.4 Å². The Bertz CT molecular complexity index is 610. The molecule has 0 bridgehead atoms. The van der Waals surface area contributed by atoms with Crippen LogP contribution in [0.3, 0.4) is 0 Å². The maximum absolute atomic E-state index is 11.9. The van der Waals surface area contributed by atoms with Crippen LogP contribution in [0.1, 0.15) is 17.1 Å². The van der Waals surface area contributed by atoms with Crippen molar-refractivity contribution in [3.05, 3.63) is 58.5 Å². The zero-order valence-corrected chi connectivity index (χ0v) is 13.0. The molecule has 5 heteroatoms. The molecule has 1 amide bonds. The molecule has 0 saturated carbocycles. The Morgan fingerprint density at radius 3 is 2.81 bits per heavy atom. The lowest BCUT2D eigenvalue weighted by atomic mass is 10.2. The van der Waals surface area contributed by atoms with Gasteiger partial charge < -0.3 is 9.73 Å². The molecule has 0 radical (unpaired) electrons. The number of carbonyl (C=O) groups is 1. The van der Waals surface area contributed by atoms with Gasteiger partial charge >= 0.3 is 0 Å². The first-order chi connectivity index (χ1) is 10.0. The normalized spacial score (nSPS) is 10.9. The standard InChI is InChI=1S/C16H19ClN2O2/c1-12-6-7-15(21-12)10-19(2)11-16(20)18-9-13-4-3-5-14(17)8-13/h3-8H,9-11H2,1-2H3,(H,18,20). The minimum atomic E-state index is -0.0271. The smallest absolute Gasteiger partial charge is 0.234 e. The quantitative estimate of drug-likeness (QED) is 0.892. The maximum Gasteiger partial charge on any atom is 0.234 e. The summed E-state index contributed by atoms with van der Waals surface area (Å²) in [5, 5.41) is 3.55. The molecule has 1 N–H and O–H groups in total. The van der Waals surface area contributed by atoms with Gasteiger partial charge in [-0.05, 0) is 43.8 Å². The van der Waals surface area contributed by atoms with Gasteiger partial charge in [0.05, 0.1) is 13.1 Å². The van der Waals surface area contributed by atoms with Crippen LogP contribution in [0.15, 0.2) is 40.8 Å². The van der Waals surface area contributed by atoms with E-state index in [0.29, 0.717) is 24.7 Å². The summed E-state index contributed by atoms with van der Waals surface area (Å²) < 4.78 is 5.49. The monoisotopic (exact) mass is 306 g/mol. The lowest BCUT2D eigenvalue weighted by Crippen LogP contribution is -2.34. The molecule has 21 heavy (non-hydrogen) atoms. The van der Waals surface area contributed by atoms with Gasteiger partial charge in [-0.25, -0.2) is 0 Å². The summed E-state index contributed by atoms with van der Waals surface area (Å²) in [7, 11) is 1.89. The molecule has 0 aliphatic heterocycles. The van der Waals surface area contributed by atoms with Crippen LogP contribution >= 0.6 is 11.6 Å². The molecule has 112 valence electrons. The molecule has 0 fully saturated rings. The zero-order valence-electron chi connectivity index (χ0n) is 12.2. The third kappa shape index (κ3) is 5.25. The molecule has 0 saturated heterocycles. The van der Waals surface area contributed by atoms with Crippen molar-refractivity contribution in [1.82, 2.24) is 10.2 Å². The first kappa shape index (κ1) is 15.6. The lowest BCUT2D eigenvalue weighted by Gasteiger charge is -2.14. The van der Waals surface area contributed by atoms with E-state index in [4.69, 9.17) is 16.0 Å². The van der Waals surface area contributed by atoms with Crippen LogP contribution in [0.25, 0.3) is 0 Å². The van der Waals surface area contributed by atoms with Crippen molar-refractivity contribution in [3.63, 3.8) is 0 Å². The summed E-state index contributed by atoms with van der Waals surface area (Å²) in [6, 6.07) is 11.3. The zero-order chi connectivity index (χ0) is 15.2. The number of likely N-dealkylation sites (N-methyl/N-ethyl adjacent to an activating group) is 1. The molecule has 0 spiro atoms. The summed E-state index contributed by atoms with van der Waals surface area (Å²) in [4.78, 5) is 13.8. The second-order valence-electron chi connectivity index (χ2n) is 5.09. The molecule has 4 nitrogen and oxygen atoms in total. The van der Waals surface area contributed by atoms with Crippen molar-refractivity contribution < 1.29 is 9.21 Å². The van der Waals surface area contributed by atoms with Crippen molar-refractivity contribution in [1.29, 1.82) is 0 Å². The second-order valence-corrected chi connectivity index (χ2v) is 5.53. The number of hydrogen-bond acceptors (Lipinski definition) is 3. The first-order valence-corrected chi connectivity index (χ1v) is 7.16. The highest BCUT2D eigenvalue weighted by molar-refractivity contribution is 6.30. The SMILES string of the molecule is Cc1ccc(CN(C)CC(=O)NCc2cccc(Cl)c2)o1. The van der Waals surface area contributed by atoms with Gasteiger partial charge in [-0.1, -0.05) is 23.7 Å². The van der Waals surface area contributed by atoms with E-state index in [-0.39, 0.29) is 5.91 Å². The van der Waals surface area contributed by atoms with Crippen LogP contribution in [0.5, 0.6) is 0 Å². The first-order valence-electron chi connectivity index (χ1n) is 6.78. The topological polar surface area (TPSA) is 45.5 Å². The molecular weight excluding hydrogens is 288 g/mol. The number of hydrogen-bond donors (Lipinski definition) is 1. The van der Waals surface area contributed by atoms with Crippen LogP contribution in [0, 0.1) is 6.92 Å². The van der Waals surface area contributed by atoms with Crippen molar-refractivity contribution in [2.75, 3.05) is 13.6 Å². The van der Waals surface area contributed by atoms with Gasteiger partial charge in [0.15, 0.2) is 0 Å². The van der Waals surface area contributed by atoms with Crippen LogP contribution in [0.2, 0.25) is 5.02 Å². The van der Waals surface area contributed by atoms with Gasteiger partial charge in [-0.2, -0.15) is 0 Å². The predicted octanol–water partition coefficient (Wildman–Crippen LogP) is 2.99. The Morgan fingerprint density at radius 1 is 1.33 bits per heavy atom. The maximum atomic E-state index is 11.9. The molecule has 0 unspecified atom stereocenters. The van der Waals surface area contributed by atoms with E-state index >= 15 is 0 Å². The summed E-state index contributed by atoms with van der Waals surface area (Å²) >= 11 is 5.91. The van der Waals surface area contributed by atoms with Crippen LogP contribution in [-0.2, 0) is 17.9 Å². The Labute approximate surface area is 129 Å². The molecule has 0 aliphatic carbocycles. The molecule has 1 heterocycles. The minimum Gasteiger partial charge on any atom is -0.465 e. The highest BCUT2D eigenvalue weighted by Gasteiger charge is 2.09. The minimum absolute atomic E-state index is 0.0271. The van der Waals surface area contributed by atoms with Gasteiger partial charge in [0, 0.05) is 11.6 Å². The van der Waals surface area contributed by atoms with Gasteiger partial charge in [-0.15, -0.1) is 0 Å². The number of aryl methyl sites for hydroxylation is 1. The van der Waals surface area contributed by atoms with E-state index in [9.17, 15) is 4.79 Å². The average molecular weight is 307 g/mol. The van der Waals surface area contributed by atoms with Crippen molar-refractivity contribution in [3.8, 4) is 0 Å². The Morgan fingerprint density at radius 2 is 2.14 bits per heavy atom. The number of benzene rings is 1. The Kier molecular flexibility index (Phi) is 5.42. The average Bonchev–Trinajstić information content (AvgIpc) is 2.81. The van der Waals surface area contributed by atoms with Gasteiger partial charge in [-0.3, -0.25) is 9.69 Å². The van der Waals surface area contributed by atoms with E-state index in [1.165, 1.54) is 0 Å². The fraction of sp³-hybridized carbons (Fsp3) is 0.312. The lowest BCUT2D eigenvalue weighted by molar-refractivity contribution is -0.122. The number of furan rings is 1. The molecule has 0 aliphatic rings. The summed E-state index contributed by atoms with van der Waals surface area (Å²) in [5.74, 6) is 1.71. The van der Waals surface area contributed by atoms with E-state index in [0.717, 1.165) is 17.1 Å². The fourth-order valence-corrected chi connectivity index (χ4v) is 2.25. The Hall–Kier alpha value is -1.78. The number of carbonyl (C=O) groups excluding carboxylic acids is 1. The number of amides is 1. The number of nitrogens with zero attached hydrogens (tertiary/aromatic N) is 1. The van der Waals surface area contributed by atoms with E-state index in [2.05, 4.69) is 5.32 Å². The summed E-state index contributed by atoms with van der Waals surface area (Å²) in [5.41, 5.74) is 0.986. The second kappa shape index (κ2) is 7.29. The molecule has 2 aromatic rings. The third-order valence-electron chi connectivity index (χ3n) is 3.01. The number of rotatable bonds is 6. The molecular formula is C16H19ClN2O2. The summed E-state index contributed by atoms with van der Waals surface area (Å²) in [6.45, 7) is 3.31. The number of nitrogens with one attached hydrogen (secondary N) is 1. The highest BCUT2D eigenvalue weighted by Crippen LogP contribution is 2.10. The molecule has 0 atom stereocenters. The molecule has 2 rings (SSSR count). The van der Waals surface area contributed by atoms with Crippen molar-refractivity contribution in [2.45, 2.75) is 20.0 Å². The van der Waals surface area contributed by atoms with E-state index in [1.807, 2.05) is 55.3 Å². The van der Waals surface area contributed by atoms with Gasteiger partial charge in [0.2, 0.25) is 5.91 Å². The van der Waals surface area contributed by atoms with Crippen molar-refractivity contribution >= 4 is 17.5 Å². The van der Waals surface area contributed by atoms with E-state index < -0.39 is 0 Å². The fourth-order valence-electron chi connectivity index (χ4n) is 2.04. The van der Waals surface area contributed by atoms with Gasteiger partial charge in [0.25, 0.3) is 0 Å². The number of halogens is 1.